The van der Waals surface area contributed by atoms with E-state index in [2.05, 4.69) is 69.6 Å². The highest BCUT2D eigenvalue weighted by Crippen LogP contribution is 2.21. The Labute approximate surface area is 121 Å². The van der Waals surface area contributed by atoms with Crippen LogP contribution >= 0.6 is 27.3 Å². The van der Waals surface area contributed by atoms with Crippen LogP contribution in [0.5, 0.6) is 0 Å². The van der Waals surface area contributed by atoms with Crippen molar-refractivity contribution in [3.8, 4) is 0 Å². The zero-order valence-electron chi connectivity index (χ0n) is 10.8. The monoisotopic (exact) mass is 326 g/mol. The van der Waals surface area contributed by atoms with E-state index in [-0.39, 0.29) is 0 Å². The van der Waals surface area contributed by atoms with Gasteiger partial charge in [-0.3, -0.25) is 0 Å². The van der Waals surface area contributed by atoms with E-state index in [0.717, 1.165) is 13.1 Å². The molecule has 1 atom stereocenters. The normalized spacial score (nSPS) is 12.8. The third-order valence-electron chi connectivity index (χ3n) is 2.93. The summed E-state index contributed by atoms with van der Waals surface area (Å²) in [6, 6.07) is 4.82. The summed E-state index contributed by atoms with van der Waals surface area (Å²) in [5.74, 6) is 0. The van der Waals surface area contributed by atoms with E-state index in [0.29, 0.717) is 6.04 Å². The lowest BCUT2D eigenvalue weighted by atomic mass is 10.2. The molecular formula is C14H19BrN2S. The Bertz CT molecular complexity index is 489. The van der Waals surface area contributed by atoms with Gasteiger partial charge >= 0.3 is 0 Å². The van der Waals surface area contributed by atoms with Gasteiger partial charge < -0.3 is 9.88 Å². The van der Waals surface area contributed by atoms with Crippen LogP contribution in [0.3, 0.4) is 0 Å². The quantitative estimate of drug-likeness (QED) is 0.831. The summed E-state index contributed by atoms with van der Waals surface area (Å²) in [7, 11) is 0. The largest absolute Gasteiger partial charge is 0.349 e. The number of aromatic nitrogens is 1. The highest BCUT2D eigenvalue weighted by Gasteiger charge is 2.06. The molecule has 4 heteroatoms. The summed E-state index contributed by atoms with van der Waals surface area (Å²) in [5, 5.41) is 5.64. The smallest absolute Gasteiger partial charge is 0.0564 e. The van der Waals surface area contributed by atoms with Gasteiger partial charge in [-0.1, -0.05) is 6.92 Å². The Morgan fingerprint density at radius 3 is 3.00 bits per heavy atom. The lowest BCUT2D eigenvalue weighted by Gasteiger charge is -2.11. The van der Waals surface area contributed by atoms with Gasteiger partial charge in [-0.05, 0) is 53.5 Å². The topological polar surface area (TPSA) is 17.0 Å². The fourth-order valence-electron chi connectivity index (χ4n) is 1.91. The van der Waals surface area contributed by atoms with E-state index in [1.54, 1.807) is 11.3 Å². The SMILES string of the molecule is CCCNC(C)c1ccn(Cc2cc(Br)cs2)c1. The van der Waals surface area contributed by atoms with E-state index < -0.39 is 0 Å². The number of rotatable bonds is 6. The van der Waals surface area contributed by atoms with Crippen LogP contribution < -0.4 is 5.32 Å². The highest BCUT2D eigenvalue weighted by molar-refractivity contribution is 9.10. The van der Waals surface area contributed by atoms with Crippen LogP contribution in [-0.4, -0.2) is 11.1 Å². The van der Waals surface area contributed by atoms with Crippen LogP contribution in [0.15, 0.2) is 34.4 Å². The van der Waals surface area contributed by atoms with E-state index in [1.165, 1.54) is 21.3 Å². The van der Waals surface area contributed by atoms with Gasteiger partial charge in [0.05, 0.1) is 6.54 Å². The first-order valence-corrected chi connectivity index (χ1v) is 7.98. The van der Waals surface area contributed by atoms with Crippen molar-refractivity contribution in [2.24, 2.45) is 0 Å². The van der Waals surface area contributed by atoms with E-state index >= 15 is 0 Å². The molecule has 2 aromatic heterocycles. The molecule has 0 aliphatic heterocycles. The van der Waals surface area contributed by atoms with Crippen molar-refractivity contribution in [2.75, 3.05) is 6.54 Å². The molecule has 1 unspecified atom stereocenters. The molecule has 1 N–H and O–H groups in total. The van der Waals surface area contributed by atoms with Crippen LogP contribution in [0.2, 0.25) is 0 Å². The molecule has 0 fully saturated rings. The number of nitrogens with zero attached hydrogens (tertiary/aromatic N) is 1. The summed E-state index contributed by atoms with van der Waals surface area (Å²) in [4.78, 5) is 1.37. The van der Waals surface area contributed by atoms with Crippen LogP contribution in [0.4, 0.5) is 0 Å². The predicted octanol–water partition coefficient (Wildman–Crippen LogP) is 4.42. The zero-order chi connectivity index (χ0) is 13.0. The summed E-state index contributed by atoms with van der Waals surface area (Å²) < 4.78 is 3.42. The van der Waals surface area contributed by atoms with Crippen molar-refractivity contribution in [1.82, 2.24) is 9.88 Å². The Hall–Kier alpha value is -0.580. The molecule has 2 aromatic rings. The number of nitrogens with one attached hydrogen (secondary N) is 1. The summed E-state index contributed by atoms with van der Waals surface area (Å²) in [5.41, 5.74) is 1.36. The fraction of sp³-hybridized carbons (Fsp3) is 0.429. The van der Waals surface area contributed by atoms with Gasteiger partial charge in [0.2, 0.25) is 0 Å². The first kappa shape index (κ1) is 13.8. The first-order chi connectivity index (χ1) is 8.69. The van der Waals surface area contributed by atoms with Crippen molar-refractivity contribution in [1.29, 1.82) is 0 Å². The standard InChI is InChI=1S/C14H19BrN2S/c1-3-5-16-11(2)12-4-6-17(8-12)9-14-7-13(15)10-18-14/h4,6-8,10-11,16H,3,5,9H2,1-2H3. The average Bonchev–Trinajstić information content (AvgIpc) is 2.96. The van der Waals surface area contributed by atoms with Gasteiger partial charge in [-0.25, -0.2) is 0 Å². The van der Waals surface area contributed by atoms with Gasteiger partial charge in [0.25, 0.3) is 0 Å². The van der Waals surface area contributed by atoms with Crippen molar-refractivity contribution in [3.63, 3.8) is 0 Å². The molecule has 0 saturated heterocycles. The molecule has 0 aliphatic carbocycles. The van der Waals surface area contributed by atoms with Crippen molar-refractivity contribution in [2.45, 2.75) is 32.9 Å². The van der Waals surface area contributed by atoms with Gasteiger partial charge in [-0.15, -0.1) is 11.3 Å². The number of hydrogen-bond donors (Lipinski definition) is 1. The van der Waals surface area contributed by atoms with Gasteiger partial charge in [0, 0.05) is 33.2 Å². The van der Waals surface area contributed by atoms with Crippen LogP contribution in [0.25, 0.3) is 0 Å². The van der Waals surface area contributed by atoms with Crippen molar-refractivity contribution >= 4 is 27.3 Å². The van der Waals surface area contributed by atoms with Crippen LogP contribution in [0.1, 0.15) is 36.8 Å². The molecule has 0 amide bonds. The van der Waals surface area contributed by atoms with Gasteiger partial charge in [0.15, 0.2) is 0 Å². The van der Waals surface area contributed by atoms with Gasteiger partial charge in [-0.2, -0.15) is 0 Å². The molecule has 2 rings (SSSR count). The highest BCUT2D eigenvalue weighted by atomic mass is 79.9. The zero-order valence-corrected chi connectivity index (χ0v) is 13.2. The molecular weight excluding hydrogens is 308 g/mol. The number of halogens is 1. The van der Waals surface area contributed by atoms with Crippen molar-refractivity contribution in [3.05, 3.63) is 44.8 Å². The molecule has 98 valence electrons. The average molecular weight is 327 g/mol. The predicted molar refractivity (Wildman–Crippen MR) is 82.3 cm³/mol. The summed E-state index contributed by atoms with van der Waals surface area (Å²) in [6.07, 6.45) is 5.57. The van der Waals surface area contributed by atoms with Crippen molar-refractivity contribution < 1.29 is 0 Å². The molecule has 18 heavy (non-hydrogen) atoms. The van der Waals surface area contributed by atoms with E-state index in [4.69, 9.17) is 0 Å². The molecule has 2 heterocycles. The lowest BCUT2D eigenvalue weighted by molar-refractivity contribution is 0.569. The van der Waals surface area contributed by atoms with E-state index in [1.807, 2.05) is 0 Å². The Morgan fingerprint density at radius 1 is 1.50 bits per heavy atom. The Balaban J connectivity index is 1.97. The Kier molecular flexibility index (Phi) is 5.03. The molecule has 2 nitrogen and oxygen atoms in total. The molecule has 0 radical (unpaired) electrons. The molecule has 0 bridgehead atoms. The molecule has 0 saturated carbocycles. The molecule has 0 aliphatic rings. The lowest BCUT2D eigenvalue weighted by Crippen LogP contribution is -2.18. The summed E-state index contributed by atoms with van der Waals surface area (Å²) in [6.45, 7) is 6.44. The first-order valence-electron chi connectivity index (χ1n) is 6.31. The maximum Gasteiger partial charge on any atom is 0.0564 e. The van der Waals surface area contributed by atoms with Crippen LogP contribution in [0, 0.1) is 0 Å². The van der Waals surface area contributed by atoms with Gasteiger partial charge in [0.1, 0.15) is 0 Å². The maximum absolute atomic E-state index is 3.51. The molecule has 0 aromatic carbocycles. The minimum absolute atomic E-state index is 0.432. The fourth-order valence-corrected chi connectivity index (χ4v) is 3.37. The minimum Gasteiger partial charge on any atom is -0.349 e. The Morgan fingerprint density at radius 2 is 2.33 bits per heavy atom. The second kappa shape index (κ2) is 6.55. The number of hydrogen-bond acceptors (Lipinski definition) is 2. The third kappa shape index (κ3) is 3.70. The van der Waals surface area contributed by atoms with E-state index in [9.17, 15) is 0 Å². The van der Waals surface area contributed by atoms with Crippen LogP contribution in [-0.2, 0) is 6.54 Å². The second-order valence-corrected chi connectivity index (χ2v) is 6.44. The summed E-state index contributed by atoms with van der Waals surface area (Å²) >= 11 is 5.29. The minimum atomic E-state index is 0.432. The number of thiophene rings is 1. The second-order valence-electron chi connectivity index (χ2n) is 4.52. The molecule has 0 spiro atoms. The third-order valence-corrected chi connectivity index (χ3v) is 4.62. The maximum atomic E-state index is 3.51.